The monoisotopic (exact) mass is 466 g/mol. The summed E-state index contributed by atoms with van der Waals surface area (Å²) in [7, 11) is 0. The Morgan fingerprint density at radius 2 is 2.03 bits per heavy atom. The molecule has 1 aliphatic rings. The van der Waals surface area contributed by atoms with Crippen molar-refractivity contribution in [2.45, 2.75) is 76.7 Å². The number of allylic oxidation sites excluding steroid dienone is 2. The highest BCUT2D eigenvalue weighted by molar-refractivity contribution is 7.99. The van der Waals surface area contributed by atoms with Crippen LogP contribution in [0.4, 0.5) is 6.01 Å². The number of carbonyl (C=O) groups is 1. The number of nitrogens with one attached hydrogen (secondary N) is 1. The molecule has 0 atom stereocenters. The van der Waals surface area contributed by atoms with E-state index >= 15 is 0 Å². The quantitative estimate of drug-likeness (QED) is 0.214. The number of nitrogens with two attached hydrogens (primary N) is 1. The molecule has 32 heavy (non-hydrogen) atoms. The minimum Gasteiger partial charge on any atom is -0.389 e. The van der Waals surface area contributed by atoms with Crippen molar-refractivity contribution in [1.29, 1.82) is 0 Å². The van der Waals surface area contributed by atoms with Gasteiger partial charge in [-0.25, -0.2) is 4.79 Å². The van der Waals surface area contributed by atoms with Gasteiger partial charge in [0.1, 0.15) is 11.3 Å². The van der Waals surface area contributed by atoms with Gasteiger partial charge in [-0.2, -0.15) is 4.98 Å². The molecule has 0 unspecified atom stereocenters. The normalized spacial score (nSPS) is 12.5. The molecular weight excluding hydrogens is 424 g/mol. The van der Waals surface area contributed by atoms with E-state index < -0.39 is 0 Å². The lowest BCUT2D eigenvalue weighted by molar-refractivity contribution is -0.105. The van der Waals surface area contributed by atoms with Crippen LogP contribution in [0.3, 0.4) is 0 Å². The van der Waals surface area contributed by atoms with E-state index in [1.807, 2.05) is 19.2 Å². The van der Waals surface area contributed by atoms with Crippen LogP contribution >= 0.6 is 11.8 Å². The van der Waals surface area contributed by atoms with E-state index in [-0.39, 0.29) is 14.5 Å². The van der Waals surface area contributed by atoms with Gasteiger partial charge in [0.25, 0.3) is 6.01 Å². The van der Waals surface area contributed by atoms with Gasteiger partial charge in [-0.05, 0) is 31.9 Å². The predicted molar refractivity (Wildman–Crippen MR) is 139 cm³/mol. The minimum absolute atomic E-state index is 0. The molecule has 0 aromatic carbocycles. The van der Waals surface area contributed by atoms with Crippen molar-refractivity contribution in [1.82, 2.24) is 4.98 Å². The first-order chi connectivity index (χ1) is 15.7. The van der Waals surface area contributed by atoms with Crippen LogP contribution in [-0.2, 0) is 11.2 Å². The largest absolute Gasteiger partial charge is 0.389 e. The highest BCUT2D eigenvalue weighted by atomic mass is 32.2. The summed E-state index contributed by atoms with van der Waals surface area (Å²) in [5, 5.41) is 3.66. The summed E-state index contributed by atoms with van der Waals surface area (Å²) in [5.41, 5.74) is 6.94. The number of nitrogens with zero attached hydrogens (tertiary/aromatic N) is 2. The maximum atomic E-state index is 11.9. The van der Waals surface area contributed by atoms with E-state index in [9.17, 15) is 9.59 Å². The lowest BCUT2D eigenvalue weighted by Crippen LogP contribution is -2.14. The fourth-order valence-electron chi connectivity index (χ4n) is 3.02. The van der Waals surface area contributed by atoms with Crippen LogP contribution in [0.5, 0.6) is 0 Å². The fourth-order valence-corrected chi connectivity index (χ4v) is 3.80. The Kier molecular flexibility index (Phi) is 16.0. The second kappa shape index (κ2) is 18.4. The van der Waals surface area contributed by atoms with Crippen molar-refractivity contribution < 1.29 is 12.1 Å². The first-order valence-electron chi connectivity index (χ1n) is 11.6. The van der Waals surface area contributed by atoms with Crippen molar-refractivity contribution in [3.8, 4) is 0 Å². The Hall–Kier alpha value is -2.19. The van der Waals surface area contributed by atoms with Crippen LogP contribution in [0.1, 0.15) is 73.6 Å². The number of aromatic nitrogens is 1. The van der Waals surface area contributed by atoms with Gasteiger partial charge in [0, 0.05) is 28.2 Å². The molecule has 0 saturated heterocycles. The molecule has 0 radical (unpaired) electrons. The van der Waals surface area contributed by atoms with Crippen molar-refractivity contribution >= 4 is 30.3 Å². The van der Waals surface area contributed by atoms with Crippen LogP contribution in [-0.4, -0.2) is 36.3 Å². The number of aldehydes is 1. The topological polar surface area (TPSA) is 111 Å². The zero-order valence-electron chi connectivity index (χ0n) is 19.5. The number of aliphatic imine (C=N–C) groups is 1. The number of rotatable bonds is 14. The van der Waals surface area contributed by atoms with Gasteiger partial charge in [-0.1, -0.05) is 69.4 Å². The molecule has 2 heterocycles. The number of hydrogen-bond donors (Lipinski definition) is 2. The molecule has 0 aliphatic carbocycles. The number of thioether (sulfide) groups is 1. The number of unbranched alkanes of at least 4 members (excludes halogenated alkanes) is 5. The zero-order valence-corrected chi connectivity index (χ0v) is 20.3. The van der Waals surface area contributed by atoms with Gasteiger partial charge in [0.15, 0.2) is 0 Å². The van der Waals surface area contributed by atoms with E-state index in [1.165, 1.54) is 43.0 Å². The molecule has 0 bridgehead atoms. The summed E-state index contributed by atoms with van der Waals surface area (Å²) < 4.78 is 5.19. The summed E-state index contributed by atoms with van der Waals surface area (Å²) in [6.07, 6.45) is 18.3. The maximum Gasteiger partial charge on any atom is 0.344 e. The maximum absolute atomic E-state index is 11.9. The van der Waals surface area contributed by atoms with Crippen LogP contribution < -0.4 is 16.7 Å². The average molecular weight is 467 g/mol. The third-order valence-corrected chi connectivity index (χ3v) is 5.69. The summed E-state index contributed by atoms with van der Waals surface area (Å²) in [6.45, 7) is 5.55. The molecule has 2 rings (SSSR count). The zero-order chi connectivity index (χ0) is 23.4. The number of anilines is 1. The van der Waals surface area contributed by atoms with Gasteiger partial charge < -0.3 is 20.3 Å². The Balaban J connectivity index is 0. The van der Waals surface area contributed by atoms with Crippen LogP contribution in [0.15, 0.2) is 43.2 Å². The van der Waals surface area contributed by atoms with Crippen LogP contribution in [0, 0.1) is 0 Å². The highest BCUT2D eigenvalue weighted by Crippen LogP contribution is 2.19. The lowest BCUT2D eigenvalue weighted by atomic mass is 10.1. The van der Waals surface area contributed by atoms with Gasteiger partial charge >= 0.3 is 5.63 Å². The van der Waals surface area contributed by atoms with Gasteiger partial charge in [-0.3, -0.25) is 4.99 Å². The summed E-state index contributed by atoms with van der Waals surface area (Å²) in [5.74, 6) is 0.292. The third kappa shape index (κ3) is 12.0. The average Bonchev–Trinajstić information content (AvgIpc) is 3.06. The van der Waals surface area contributed by atoms with E-state index in [0.717, 1.165) is 45.1 Å². The Morgan fingerprint density at radius 3 is 2.75 bits per heavy atom. The standard InChI is InChI=1S/C16H26N2O3S.C8H12N2.2H2/c1-3-5-6-7-8-9-10-17-16-18-14(22-12-11-19)13(4-2)15(20)21-16;9-5-3-8-2-1-6-10-7-4-8;;/h11H,3-10,12H2,1-2H3,(H,17,18);1-2,6-7H,3-5,9H2;2*1H. The number of carbonyl (C=O) groups excluding carboxylic acids is 1. The van der Waals surface area contributed by atoms with Crippen molar-refractivity contribution in [3.05, 3.63) is 39.9 Å². The molecule has 182 valence electrons. The lowest BCUT2D eigenvalue weighted by Gasteiger charge is -2.08. The minimum atomic E-state index is -0.364. The predicted octanol–water partition coefficient (Wildman–Crippen LogP) is 5.40. The van der Waals surface area contributed by atoms with Crippen LogP contribution in [0.25, 0.3) is 0 Å². The molecule has 1 aromatic heterocycles. The van der Waals surface area contributed by atoms with E-state index in [2.05, 4.69) is 28.3 Å². The molecular formula is C24H42N4O3S. The van der Waals surface area contributed by atoms with Crippen LogP contribution in [0.2, 0.25) is 0 Å². The Labute approximate surface area is 199 Å². The van der Waals surface area contributed by atoms with Gasteiger partial charge in [0.2, 0.25) is 0 Å². The summed E-state index contributed by atoms with van der Waals surface area (Å²) >= 11 is 1.27. The second-order valence-corrected chi connectivity index (χ2v) is 8.37. The summed E-state index contributed by atoms with van der Waals surface area (Å²) in [4.78, 5) is 30.7. The molecule has 8 heteroatoms. The fraction of sp³-hybridized carbons (Fsp3) is 0.583. The van der Waals surface area contributed by atoms with E-state index in [1.54, 1.807) is 6.20 Å². The molecule has 3 N–H and O–H groups in total. The molecule has 1 aromatic rings. The number of hydrogen-bond acceptors (Lipinski definition) is 8. The first kappa shape index (κ1) is 27.8. The van der Waals surface area contributed by atoms with Crippen molar-refractivity contribution in [2.75, 3.05) is 24.2 Å². The second-order valence-electron chi connectivity index (χ2n) is 7.36. The smallest absolute Gasteiger partial charge is 0.344 e. The Bertz CT molecular complexity index is 814. The first-order valence-corrected chi connectivity index (χ1v) is 12.5. The van der Waals surface area contributed by atoms with E-state index in [0.29, 0.717) is 22.8 Å². The van der Waals surface area contributed by atoms with Gasteiger partial charge in [-0.15, -0.1) is 0 Å². The SMILES string of the molecule is CCCCCCCCNc1nc(SCC=O)c(CC)c(=O)o1.NCCC1=CC=CN=CC1.[HH].[HH]. The molecule has 7 nitrogen and oxygen atoms in total. The summed E-state index contributed by atoms with van der Waals surface area (Å²) in [6, 6.07) is 0.254. The highest BCUT2D eigenvalue weighted by Gasteiger charge is 2.12. The molecule has 0 fully saturated rings. The van der Waals surface area contributed by atoms with Crippen molar-refractivity contribution in [2.24, 2.45) is 10.7 Å². The molecule has 0 amide bonds. The Morgan fingerprint density at radius 1 is 1.25 bits per heavy atom. The third-order valence-electron chi connectivity index (χ3n) is 4.77. The van der Waals surface area contributed by atoms with Crippen molar-refractivity contribution in [3.63, 3.8) is 0 Å². The molecule has 0 saturated carbocycles. The molecule has 0 spiro atoms. The molecule has 1 aliphatic heterocycles. The van der Waals surface area contributed by atoms with Gasteiger partial charge in [0.05, 0.1) is 11.3 Å². The van der Waals surface area contributed by atoms with E-state index in [4.69, 9.17) is 10.2 Å².